The molecule has 0 radical (unpaired) electrons. The van der Waals surface area contributed by atoms with E-state index in [1.165, 1.54) is 0 Å². The fraction of sp³-hybridized carbons (Fsp3) is 0.471. The van der Waals surface area contributed by atoms with E-state index in [9.17, 15) is 4.79 Å². The molecule has 0 aliphatic rings. The summed E-state index contributed by atoms with van der Waals surface area (Å²) < 4.78 is 0. The second-order valence-electron chi connectivity index (χ2n) is 6.33. The van der Waals surface area contributed by atoms with E-state index >= 15 is 0 Å². The first kappa shape index (κ1) is 15.6. The zero-order chi connectivity index (χ0) is 14.5. The van der Waals surface area contributed by atoms with Gasteiger partial charge in [-0.05, 0) is 31.1 Å². The average Bonchev–Trinajstić information content (AvgIpc) is 2.33. The molecule has 0 saturated carbocycles. The number of benzene rings is 1. The van der Waals surface area contributed by atoms with Crippen molar-refractivity contribution in [3.05, 3.63) is 42.0 Å². The van der Waals surface area contributed by atoms with Gasteiger partial charge >= 0.3 is 0 Å². The number of nitrogens with zero attached hydrogens (tertiary/aromatic N) is 1. The summed E-state index contributed by atoms with van der Waals surface area (Å²) in [5.74, 6) is 0.215. The van der Waals surface area contributed by atoms with Gasteiger partial charge in [0.2, 0.25) is 0 Å². The van der Waals surface area contributed by atoms with E-state index in [-0.39, 0.29) is 17.1 Å². The third kappa shape index (κ3) is 5.39. The van der Waals surface area contributed by atoms with Crippen molar-refractivity contribution in [1.82, 2.24) is 4.90 Å². The highest BCUT2D eigenvalue weighted by Gasteiger charge is 2.29. The van der Waals surface area contributed by atoms with Crippen LogP contribution in [0.4, 0.5) is 0 Å². The topological polar surface area (TPSA) is 20.3 Å². The Morgan fingerprint density at radius 1 is 1.21 bits per heavy atom. The Morgan fingerprint density at radius 3 is 2.26 bits per heavy atom. The summed E-state index contributed by atoms with van der Waals surface area (Å²) >= 11 is 0. The van der Waals surface area contributed by atoms with Crippen LogP contribution in [0.2, 0.25) is 0 Å². The van der Waals surface area contributed by atoms with Crippen LogP contribution in [-0.2, 0) is 4.79 Å². The molecule has 0 N–H and O–H groups in total. The fourth-order valence-corrected chi connectivity index (χ4v) is 2.01. The van der Waals surface area contributed by atoms with E-state index in [1.54, 1.807) is 6.08 Å². The van der Waals surface area contributed by atoms with Crippen molar-refractivity contribution >= 4 is 11.9 Å². The Morgan fingerprint density at radius 2 is 1.79 bits per heavy atom. The Labute approximate surface area is 117 Å². The maximum absolute atomic E-state index is 12.4. The van der Waals surface area contributed by atoms with Gasteiger partial charge in [-0.15, -0.1) is 0 Å². The van der Waals surface area contributed by atoms with E-state index in [4.69, 9.17) is 0 Å². The van der Waals surface area contributed by atoms with Crippen LogP contribution >= 0.6 is 0 Å². The van der Waals surface area contributed by atoms with Crippen LogP contribution in [0.25, 0.3) is 6.08 Å². The highest BCUT2D eigenvalue weighted by Crippen LogP contribution is 2.27. The van der Waals surface area contributed by atoms with E-state index in [1.807, 2.05) is 50.5 Å². The summed E-state index contributed by atoms with van der Waals surface area (Å²) in [6.07, 6.45) is 3.62. The highest BCUT2D eigenvalue weighted by atomic mass is 16.1. The van der Waals surface area contributed by atoms with Crippen molar-refractivity contribution < 1.29 is 4.79 Å². The summed E-state index contributed by atoms with van der Waals surface area (Å²) in [5.41, 5.74) is 1.04. The molecule has 0 unspecified atom stereocenters. The number of allylic oxidation sites excluding steroid dienone is 1. The van der Waals surface area contributed by atoms with Gasteiger partial charge in [-0.3, -0.25) is 4.79 Å². The molecule has 2 heteroatoms. The molecule has 0 aliphatic heterocycles. The van der Waals surface area contributed by atoms with Gasteiger partial charge in [0.05, 0.1) is 0 Å². The molecule has 104 valence electrons. The zero-order valence-electron chi connectivity index (χ0n) is 12.7. The summed E-state index contributed by atoms with van der Waals surface area (Å²) in [6, 6.07) is 9.93. The summed E-state index contributed by atoms with van der Waals surface area (Å²) in [4.78, 5) is 14.5. The standard InChI is InChI=1S/C17H25NO/c1-17(2,3)15(13-18(4)5)16(19)12-11-14-9-7-6-8-10-14/h6-12,15H,13H2,1-5H3/b12-11+/t15-/m1/s1. The van der Waals surface area contributed by atoms with Crippen molar-refractivity contribution in [3.63, 3.8) is 0 Å². The maximum atomic E-state index is 12.4. The number of hydrogen-bond donors (Lipinski definition) is 0. The van der Waals surface area contributed by atoms with Gasteiger partial charge in [-0.25, -0.2) is 0 Å². The Bertz CT molecular complexity index is 426. The molecule has 0 amide bonds. The lowest BCUT2D eigenvalue weighted by atomic mass is 9.77. The Balaban J connectivity index is 2.81. The zero-order valence-corrected chi connectivity index (χ0v) is 12.7. The lowest BCUT2D eigenvalue weighted by molar-refractivity contribution is -0.121. The Hall–Kier alpha value is -1.41. The average molecular weight is 259 g/mol. The van der Waals surface area contributed by atoms with Gasteiger partial charge in [0, 0.05) is 12.5 Å². The summed E-state index contributed by atoms with van der Waals surface area (Å²) in [6.45, 7) is 7.14. The summed E-state index contributed by atoms with van der Waals surface area (Å²) in [5, 5.41) is 0. The number of hydrogen-bond acceptors (Lipinski definition) is 2. The van der Waals surface area contributed by atoms with Gasteiger partial charge in [0.15, 0.2) is 5.78 Å². The summed E-state index contributed by atoms with van der Waals surface area (Å²) in [7, 11) is 4.01. The second-order valence-corrected chi connectivity index (χ2v) is 6.33. The van der Waals surface area contributed by atoms with Crippen LogP contribution in [0.5, 0.6) is 0 Å². The quantitative estimate of drug-likeness (QED) is 0.754. The molecule has 1 aromatic rings. The van der Waals surface area contributed by atoms with Crippen molar-refractivity contribution in [2.45, 2.75) is 20.8 Å². The molecule has 1 rings (SSSR count). The van der Waals surface area contributed by atoms with Crippen LogP contribution in [0, 0.1) is 11.3 Å². The normalized spacial score (nSPS) is 14.0. The molecule has 2 nitrogen and oxygen atoms in total. The maximum Gasteiger partial charge on any atom is 0.160 e. The Kier molecular flexibility index (Phi) is 5.49. The van der Waals surface area contributed by atoms with Gasteiger partial charge in [0.1, 0.15) is 0 Å². The molecule has 0 saturated heterocycles. The lowest BCUT2D eigenvalue weighted by Crippen LogP contribution is -2.36. The van der Waals surface area contributed by atoms with Crippen molar-refractivity contribution in [2.24, 2.45) is 11.3 Å². The van der Waals surface area contributed by atoms with Gasteiger partial charge in [-0.2, -0.15) is 0 Å². The third-order valence-electron chi connectivity index (χ3n) is 3.18. The van der Waals surface area contributed by atoms with Crippen molar-refractivity contribution in [2.75, 3.05) is 20.6 Å². The first-order valence-corrected chi connectivity index (χ1v) is 6.72. The van der Waals surface area contributed by atoms with Crippen LogP contribution in [0.1, 0.15) is 26.3 Å². The molecule has 0 heterocycles. The molecule has 0 spiro atoms. The molecule has 0 aliphatic carbocycles. The van der Waals surface area contributed by atoms with Crippen LogP contribution < -0.4 is 0 Å². The minimum atomic E-state index is -0.0254. The number of rotatable bonds is 5. The van der Waals surface area contributed by atoms with Crippen molar-refractivity contribution in [1.29, 1.82) is 0 Å². The van der Waals surface area contributed by atoms with Crippen molar-refractivity contribution in [3.8, 4) is 0 Å². The molecule has 0 bridgehead atoms. The highest BCUT2D eigenvalue weighted by molar-refractivity contribution is 5.96. The first-order valence-electron chi connectivity index (χ1n) is 6.72. The molecule has 19 heavy (non-hydrogen) atoms. The minimum Gasteiger partial charge on any atom is -0.309 e. The predicted molar refractivity (Wildman–Crippen MR) is 82.0 cm³/mol. The van der Waals surface area contributed by atoms with Crippen LogP contribution in [0.15, 0.2) is 36.4 Å². The molecule has 0 fully saturated rings. The van der Waals surface area contributed by atoms with Crippen LogP contribution in [0.3, 0.4) is 0 Å². The molecular formula is C17H25NO. The smallest absolute Gasteiger partial charge is 0.160 e. The monoisotopic (exact) mass is 259 g/mol. The van der Waals surface area contributed by atoms with Gasteiger partial charge in [0.25, 0.3) is 0 Å². The SMILES string of the molecule is CN(C)C[C@H](C(=O)/C=C/c1ccccc1)C(C)(C)C. The largest absolute Gasteiger partial charge is 0.309 e. The molecule has 0 aromatic heterocycles. The van der Waals surface area contributed by atoms with Crippen LogP contribution in [-0.4, -0.2) is 31.3 Å². The third-order valence-corrected chi connectivity index (χ3v) is 3.18. The van der Waals surface area contributed by atoms with E-state index < -0.39 is 0 Å². The van der Waals surface area contributed by atoms with E-state index in [2.05, 4.69) is 25.7 Å². The second kappa shape index (κ2) is 6.67. The minimum absolute atomic E-state index is 0.0162. The number of carbonyl (C=O) groups is 1. The van der Waals surface area contributed by atoms with Gasteiger partial charge < -0.3 is 4.90 Å². The fourth-order valence-electron chi connectivity index (χ4n) is 2.01. The lowest BCUT2D eigenvalue weighted by Gasteiger charge is -2.30. The number of carbonyl (C=O) groups excluding carboxylic acids is 1. The number of ketones is 1. The molecule has 1 aromatic carbocycles. The first-order chi connectivity index (χ1) is 8.80. The molecule has 1 atom stereocenters. The predicted octanol–water partition coefficient (Wildman–Crippen LogP) is 3.49. The van der Waals surface area contributed by atoms with E-state index in [0.29, 0.717) is 0 Å². The van der Waals surface area contributed by atoms with Gasteiger partial charge in [-0.1, -0.05) is 57.2 Å². The molecular weight excluding hydrogens is 234 g/mol. The van der Waals surface area contributed by atoms with E-state index in [0.717, 1.165) is 12.1 Å².